The van der Waals surface area contributed by atoms with Crippen LogP contribution in [0.5, 0.6) is 0 Å². The van der Waals surface area contributed by atoms with E-state index in [4.69, 9.17) is 5.11 Å². The molecular weight excluding hydrogens is 223 g/mol. The van der Waals surface area contributed by atoms with Gasteiger partial charge in [0, 0.05) is 0 Å². The molecule has 0 unspecified atom stereocenters. The van der Waals surface area contributed by atoms with E-state index in [9.17, 15) is 5.02 Å². The summed E-state index contributed by atoms with van der Waals surface area (Å²) in [6, 6.07) is 13.4. The van der Waals surface area contributed by atoms with Crippen LogP contribution in [0.2, 0.25) is 0 Å². The van der Waals surface area contributed by atoms with Gasteiger partial charge in [-0.1, -0.05) is 42.5 Å². The maximum absolute atomic E-state index is 10.3. The zero-order valence-corrected chi connectivity index (χ0v) is 10.7. The number of rotatable bonds is 3. The van der Waals surface area contributed by atoms with Gasteiger partial charge in [-0.05, 0) is 41.5 Å². The second-order valence-corrected chi connectivity index (χ2v) is 4.65. The summed E-state index contributed by atoms with van der Waals surface area (Å²) >= 11 is 0. The molecule has 0 aliphatic carbocycles. The van der Waals surface area contributed by atoms with Crippen molar-refractivity contribution in [3.63, 3.8) is 0 Å². The van der Waals surface area contributed by atoms with Gasteiger partial charge in [-0.3, -0.25) is 0 Å². The highest BCUT2D eigenvalue weighted by molar-refractivity contribution is 6.78. The van der Waals surface area contributed by atoms with Crippen molar-refractivity contribution < 1.29 is 10.1 Å². The first-order chi connectivity index (χ1) is 8.61. The van der Waals surface area contributed by atoms with Crippen LogP contribution in [0.3, 0.4) is 0 Å². The quantitative estimate of drug-likeness (QED) is 0.782. The topological polar surface area (TPSA) is 40.5 Å². The van der Waals surface area contributed by atoms with Crippen LogP contribution in [0.15, 0.2) is 42.5 Å². The standard InChI is InChI=1S/C15H17BO2/c1-11-6-7-15(8-12(11)2)16(18)14-5-3-4-13(9-14)10-17/h3-9,17-18H,10H2,1-2H3. The SMILES string of the molecule is Cc1ccc(B(O)c2cccc(CO)c2)cc1C. The predicted octanol–water partition coefficient (Wildman–Crippen LogP) is 0.894. The van der Waals surface area contributed by atoms with E-state index in [0.29, 0.717) is 0 Å². The summed E-state index contributed by atoms with van der Waals surface area (Å²) in [5.41, 5.74) is 4.90. The molecule has 2 rings (SSSR count). The summed E-state index contributed by atoms with van der Waals surface area (Å²) in [6.45, 7) is 3.44. The minimum atomic E-state index is -0.643. The fourth-order valence-electron chi connectivity index (χ4n) is 1.99. The molecule has 0 fully saturated rings. The highest BCUT2D eigenvalue weighted by Gasteiger charge is 2.17. The van der Waals surface area contributed by atoms with Crippen molar-refractivity contribution in [1.29, 1.82) is 0 Å². The monoisotopic (exact) mass is 240 g/mol. The van der Waals surface area contributed by atoms with Gasteiger partial charge in [-0.15, -0.1) is 0 Å². The molecule has 2 aromatic carbocycles. The summed E-state index contributed by atoms with van der Waals surface area (Å²) in [5, 5.41) is 19.5. The van der Waals surface area contributed by atoms with E-state index in [0.717, 1.165) is 16.5 Å². The molecule has 0 saturated carbocycles. The lowest BCUT2D eigenvalue weighted by atomic mass is 9.55. The lowest BCUT2D eigenvalue weighted by molar-refractivity contribution is 0.282. The lowest BCUT2D eigenvalue weighted by Crippen LogP contribution is -2.42. The van der Waals surface area contributed by atoms with Gasteiger partial charge in [0.15, 0.2) is 0 Å². The summed E-state index contributed by atoms with van der Waals surface area (Å²) in [7, 11) is 0. The van der Waals surface area contributed by atoms with Gasteiger partial charge < -0.3 is 10.1 Å². The Morgan fingerprint density at radius 3 is 2.33 bits per heavy atom. The van der Waals surface area contributed by atoms with E-state index >= 15 is 0 Å². The maximum atomic E-state index is 10.3. The molecule has 0 amide bonds. The summed E-state index contributed by atoms with van der Waals surface area (Å²) < 4.78 is 0. The molecule has 0 heterocycles. The molecular formula is C15H17BO2. The molecule has 0 bridgehead atoms. The van der Waals surface area contributed by atoms with Crippen LogP contribution in [-0.4, -0.2) is 17.0 Å². The number of hydrogen-bond acceptors (Lipinski definition) is 2. The van der Waals surface area contributed by atoms with E-state index in [1.54, 1.807) is 0 Å². The van der Waals surface area contributed by atoms with Crippen LogP contribution in [0, 0.1) is 13.8 Å². The molecule has 2 aromatic rings. The molecule has 0 aliphatic heterocycles. The number of benzene rings is 2. The first kappa shape index (κ1) is 12.9. The number of aryl methyl sites for hydroxylation is 2. The molecule has 3 heteroatoms. The Labute approximate surface area is 108 Å². The number of aliphatic hydroxyl groups excluding tert-OH is 1. The van der Waals surface area contributed by atoms with Crippen LogP contribution in [0.25, 0.3) is 0 Å². The molecule has 0 atom stereocenters. The Balaban J connectivity index is 2.34. The second-order valence-electron chi connectivity index (χ2n) is 4.65. The normalized spacial score (nSPS) is 10.4. The zero-order chi connectivity index (χ0) is 13.1. The number of aliphatic hydroxyl groups is 1. The minimum absolute atomic E-state index is 0.00646. The second kappa shape index (κ2) is 5.38. The molecule has 92 valence electrons. The predicted molar refractivity (Wildman–Crippen MR) is 75.5 cm³/mol. The third kappa shape index (κ3) is 2.63. The summed E-state index contributed by atoms with van der Waals surface area (Å²) in [6.07, 6.45) is 0. The fourth-order valence-corrected chi connectivity index (χ4v) is 1.99. The maximum Gasteiger partial charge on any atom is 0.358 e. The highest BCUT2D eigenvalue weighted by Crippen LogP contribution is 2.04. The van der Waals surface area contributed by atoms with E-state index in [-0.39, 0.29) is 6.61 Å². The average molecular weight is 240 g/mol. The Kier molecular flexibility index (Phi) is 3.85. The van der Waals surface area contributed by atoms with Gasteiger partial charge in [-0.2, -0.15) is 0 Å². The lowest BCUT2D eigenvalue weighted by Gasteiger charge is -2.10. The van der Waals surface area contributed by atoms with E-state index < -0.39 is 6.92 Å². The van der Waals surface area contributed by atoms with Gasteiger partial charge in [0.05, 0.1) is 6.61 Å². The Hall–Kier alpha value is -1.58. The van der Waals surface area contributed by atoms with Crippen LogP contribution < -0.4 is 10.9 Å². The van der Waals surface area contributed by atoms with Crippen molar-refractivity contribution in [2.75, 3.05) is 0 Å². The van der Waals surface area contributed by atoms with Gasteiger partial charge >= 0.3 is 6.92 Å². The molecule has 2 N–H and O–H groups in total. The number of hydrogen-bond donors (Lipinski definition) is 2. The molecule has 0 radical (unpaired) electrons. The van der Waals surface area contributed by atoms with Gasteiger partial charge in [0.25, 0.3) is 0 Å². The average Bonchev–Trinajstić information content (AvgIpc) is 2.41. The van der Waals surface area contributed by atoms with E-state index in [2.05, 4.69) is 6.92 Å². The smallest absolute Gasteiger partial charge is 0.358 e. The zero-order valence-electron chi connectivity index (χ0n) is 10.7. The summed E-state index contributed by atoms with van der Waals surface area (Å²) in [5.74, 6) is 0. The van der Waals surface area contributed by atoms with Crippen LogP contribution in [0.1, 0.15) is 16.7 Å². The Bertz CT molecular complexity index is 552. The van der Waals surface area contributed by atoms with Crippen molar-refractivity contribution in [2.24, 2.45) is 0 Å². The molecule has 0 aromatic heterocycles. The fraction of sp³-hybridized carbons (Fsp3) is 0.200. The third-order valence-electron chi connectivity index (χ3n) is 3.30. The highest BCUT2D eigenvalue weighted by atomic mass is 16.3. The van der Waals surface area contributed by atoms with Crippen LogP contribution in [-0.2, 0) is 6.61 Å². The van der Waals surface area contributed by atoms with Crippen molar-refractivity contribution in [1.82, 2.24) is 0 Å². The molecule has 0 spiro atoms. The van der Waals surface area contributed by atoms with E-state index in [1.807, 2.05) is 49.4 Å². The van der Waals surface area contributed by atoms with Gasteiger partial charge in [-0.25, -0.2) is 0 Å². The van der Waals surface area contributed by atoms with Crippen molar-refractivity contribution in [2.45, 2.75) is 20.5 Å². The Morgan fingerprint density at radius 1 is 0.944 bits per heavy atom. The van der Waals surface area contributed by atoms with Crippen LogP contribution in [0.4, 0.5) is 0 Å². The third-order valence-corrected chi connectivity index (χ3v) is 3.30. The van der Waals surface area contributed by atoms with E-state index in [1.165, 1.54) is 11.1 Å². The van der Waals surface area contributed by atoms with Crippen molar-refractivity contribution in [3.8, 4) is 0 Å². The Morgan fingerprint density at radius 2 is 1.67 bits per heavy atom. The molecule has 2 nitrogen and oxygen atoms in total. The van der Waals surface area contributed by atoms with Crippen molar-refractivity contribution >= 4 is 17.8 Å². The summed E-state index contributed by atoms with van der Waals surface area (Å²) in [4.78, 5) is 0. The molecule has 18 heavy (non-hydrogen) atoms. The van der Waals surface area contributed by atoms with Crippen molar-refractivity contribution in [3.05, 3.63) is 59.2 Å². The minimum Gasteiger partial charge on any atom is -0.443 e. The van der Waals surface area contributed by atoms with Crippen LogP contribution >= 0.6 is 0 Å². The molecule has 0 aliphatic rings. The van der Waals surface area contributed by atoms with Gasteiger partial charge in [0.1, 0.15) is 0 Å². The van der Waals surface area contributed by atoms with Gasteiger partial charge in [0.2, 0.25) is 0 Å². The largest absolute Gasteiger partial charge is 0.443 e. The molecule has 0 saturated heterocycles. The first-order valence-electron chi connectivity index (χ1n) is 6.06. The first-order valence-corrected chi connectivity index (χ1v) is 6.06.